The van der Waals surface area contributed by atoms with Crippen LogP contribution >= 0.6 is 11.6 Å². The molecule has 23 heavy (non-hydrogen) atoms. The molecule has 2 aromatic heterocycles. The summed E-state index contributed by atoms with van der Waals surface area (Å²) < 4.78 is 1.88. The molecule has 7 heteroatoms. The maximum absolute atomic E-state index is 7.53. The van der Waals surface area contributed by atoms with Gasteiger partial charge in [-0.25, -0.2) is 9.84 Å². The number of hydrogen-bond donors (Lipinski definition) is 0. The first-order chi connectivity index (χ1) is 11.1. The fourth-order valence-corrected chi connectivity index (χ4v) is 2.46. The molecule has 1 aliphatic carbocycles. The van der Waals surface area contributed by atoms with Gasteiger partial charge in [0.2, 0.25) is 0 Å². The van der Waals surface area contributed by atoms with E-state index in [1.165, 1.54) is 0 Å². The van der Waals surface area contributed by atoms with Crippen LogP contribution < -0.4 is 0 Å². The van der Waals surface area contributed by atoms with Crippen molar-refractivity contribution in [3.8, 4) is 0 Å². The van der Waals surface area contributed by atoms with Crippen molar-refractivity contribution in [3.05, 3.63) is 46.2 Å². The van der Waals surface area contributed by atoms with Gasteiger partial charge in [0.25, 0.3) is 5.69 Å². The van der Waals surface area contributed by atoms with Crippen molar-refractivity contribution in [1.29, 1.82) is 0 Å². The zero-order valence-electron chi connectivity index (χ0n) is 13.1. The molecule has 3 rings (SSSR count). The lowest BCUT2D eigenvalue weighted by Gasteiger charge is -2.04. The molecule has 0 spiro atoms. The van der Waals surface area contributed by atoms with Crippen molar-refractivity contribution in [2.45, 2.75) is 25.3 Å². The van der Waals surface area contributed by atoms with Crippen LogP contribution in [0.2, 0.25) is 5.02 Å². The highest BCUT2D eigenvalue weighted by atomic mass is 35.5. The quantitative estimate of drug-likeness (QED) is 0.478. The molecule has 2 heterocycles. The minimum atomic E-state index is 0.353. The lowest BCUT2D eigenvalue weighted by atomic mass is 10.2. The second-order valence-corrected chi connectivity index (χ2v) is 6.19. The molecule has 0 aromatic carbocycles. The van der Waals surface area contributed by atoms with E-state index < -0.39 is 0 Å². The Morgan fingerprint density at radius 2 is 2.30 bits per heavy atom. The molecule has 1 saturated carbocycles. The molecule has 0 amide bonds. The highest BCUT2D eigenvalue weighted by Gasteiger charge is 2.30. The van der Waals surface area contributed by atoms with Gasteiger partial charge >= 0.3 is 0 Å². The SMILES string of the molecule is [C-]#[N+]c1c(Cc2cc(Cl)ccn2)nn(C2CC2)c1/N=C/N(C)C. The third-order valence-corrected chi connectivity index (χ3v) is 3.71. The Hall–Kier alpha value is -2.39. The summed E-state index contributed by atoms with van der Waals surface area (Å²) in [4.78, 5) is 14.3. The van der Waals surface area contributed by atoms with Crippen LogP contribution in [0.4, 0.5) is 11.5 Å². The Kier molecular flexibility index (Phi) is 4.30. The summed E-state index contributed by atoms with van der Waals surface area (Å²) in [7, 11) is 3.80. The van der Waals surface area contributed by atoms with Gasteiger partial charge < -0.3 is 4.90 Å². The molecule has 2 aromatic rings. The van der Waals surface area contributed by atoms with Gasteiger partial charge in [0.05, 0.1) is 24.6 Å². The predicted molar refractivity (Wildman–Crippen MR) is 90.7 cm³/mol. The fourth-order valence-electron chi connectivity index (χ4n) is 2.28. The van der Waals surface area contributed by atoms with Gasteiger partial charge in [-0.3, -0.25) is 9.67 Å². The normalized spacial score (nSPS) is 14.2. The molecular formula is C16H17ClN6. The summed E-state index contributed by atoms with van der Waals surface area (Å²) in [6, 6.07) is 3.89. The standard InChI is InChI=1S/C16H17ClN6/c1-18-15-14(9-12-8-11(17)6-7-19-12)21-23(13-4-5-13)16(15)20-10-22(2)3/h6-8,10,13H,4-5,9H2,2-3H3/b20-10+. The number of halogens is 1. The van der Waals surface area contributed by atoms with E-state index in [0.717, 1.165) is 18.5 Å². The molecule has 0 bridgehead atoms. The average molecular weight is 329 g/mol. The molecule has 0 saturated heterocycles. The molecule has 0 N–H and O–H groups in total. The van der Waals surface area contributed by atoms with Gasteiger partial charge in [0.1, 0.15) is 0 Å². The van der Waals surface area contributed by atoms with E-state index in [1.54, 1.807) is 24.7 Å². The molecule has 1 aliphatic rings. The van der Waals surface area contributed by atoms with E-state index in [4.69, 9.17) is 18.2 Å². The van der Waals surface area contributed by atoms with E-state index in [-0.39, 0.29) is 0 Å². The first-order valence-electron chi connectivity index (χ1n) is 7.38. The number of aliphatic imine (C=N–C) groups is 1. The summed E-state index contributed by atoms with van der Waals surface area (Å²) >= 11 is 6.01. The van der Waals surface area contributed by atoms with E-state index in [2.05, 4.69) is 19.9 Å². The third-order valence-electron chi connectivity index (χ3n) is 3.47. The Balaban J connectivity index is 2.00. The van der Waals surface area contributed by atoms with E-state index in [0.29, 0.717) is 34.7 Å². The molecule has 0 aliphatic heterocycles. The minimum Gasteiger partial charge on any atom is -0.369 e. The van der Waals surface area contributed by atoms with Gasteiger partial charge in [-0.05, 0) is 25.0 Å². The summed E-state index contributed by atoms with van der Waals surface area (Å²) in [5, 5.41) is 5.26. The monoisotopic (exact) mass is 328 g/mol. The summed E-state index contributed by atoms with van der Waals surface area (Å²) in [5.41, 5.74) is 2.00. The smallest absolute Gasteiger partial charge is 0.253 e. The number of nitrogens with zero attached hydrogens (tertiary/aromatic N) is 6. The highest BCUT2D eigenvalue weighted by molar-refractivity contribution is 6.30. The summed E-state index contributed by atoms with van der Waals surface area (Å²) in [6.45, 7) is 7.53. The van der Waals surface area contributed by atoms with E-state index in [9.17, 15) is 0 Å². The first kappa shape index (κ1) is 15.5. The molecule has 0 unspecified atom stereocenters. The van der Waals surface area contributed by atoms with Crippen molar-refractivity contribution in [3.63, 3.8) is 0 Å². The largest absolute Gasteiger partial charge is 0.369 e. The molecule has 118 valence electrons. The van der Waals surface area contributed by atoms with Crippen LogP contribution in [-0.4, -0.2) is 40.1 Å². The second-order valence-electron chi connectivity index (χ2n) is 5.76. The predicted octanol–water partition coefficient (Wildman–Crippen LogP) is 3.63. The number of pyridine rings is 1. The van der Waals surface area contributed by atoms with Crippen molar-refractivity contribution in [2.24, 2.45) is 4.99 Å². The van der Waals surface area contributed by atoms with Crippen LogP contribution in [0, 0.1) is 6.57 Å². The van der Waals surface area contributed by atoms with Gasteiger partial charge in [-0.15, -0.1) is 0 Å². The third kappa shape index (κ3) is 3.51. The second kappa shape index (κ2) is 6.39. The number of hydrogen-bond acceptors (Lipinski definition) is 3. The summed E-state index contributed by atoms with van der Waals surface area (Å²) in [6.07, 6.45) is 6.00. The van der Waals surface area contributed by atoms with Crippen LogP contribution in [0.3, 0.4) is 0 Å². The highest BCUT2D eigenvalue weighted by Crippen LogP contribution is 2.43. The maximum atomic E-state index is 7.53. The van der Waals surface area contributed by atoms with Gasteiger partial charge in [-0.2, -0.15) is 5.10 Å². The van der Waals surface area contributed by atoms with Crippen molar-refractivity contribution in [2.75, 3.05) is 14.1 Å². The van der Waals surface area contributed by atoms with Crippen LogP contribution in [0.5, 0.6) is 0 Å². The maximum Gasteiger partial charge on any atom is 0.253 e. The Labute approximate surface area is 140 Å². The molecule has 6 nitrogen and oxygen atoms in total. The first-order valence-corrected chi connectivity index (χ1v) is 7.76. The minimum absolute atomic E-state index is 0.353. The zero-order chi connectivity index (χ0) is 16.4. The van der Waals surface area contributed by atoms with Crippen LogP contribution in [-0.2, 0) is 6.42 Å². The molecule has 0 radical (unpaired) electrons. The lowest BCUT2D eigenvalue weighted by Crippen LogP contribution is -2.07. The zero-order valence-corrected chi connectivity index (χ0v) is 13.8. The van der Waals surface area contributed by atoms with Gasteiger partial charge in [0, 0.05) is 37.4 Å². The topological polar surface area (TPSA) is 50.7 Å². The lowest BCUT2D eigenvalue weighted by molar-refractivity contribution is 0.625. The van der Waals surface area contributed by atoms with E-state index in [1.807, 2.05) is 23.7 Å². The Morgan fingerprint density at radius 1 is 1.52 bits per heavy atom. The molecular weight excluding hydrogens is 312 g/mol. The van der Waals surface area contributed by atoms with Crippen LogP contribution in [0.1, 0.15) is 30.3 Å². The summed E-state index contributed by atoms with van der Waals surface area (Å²) in [5.74, 6) is 0.633. The van der Waals surface area contributed by atoms with Crippen LogP contribution in [0.15, 0.2) is 23.3 Å². The van der Waals surface area contributed by atoms with Crippen molar-refractivity contribution in [1.82, 2.24) is 19.7 Å². The number of aromatic nitrogens is 3. The van der Waals surface area contributed by atoms with Crippen molar-refractivity contribution >= 4 is 29.4 Å². The molecule has 0 atom stereocenters. The molecule has 1 fully saturated rings. The number of rotatable bonds is 5. The van der Waals surface area contributed by atoms with Gasteiger partial charge in [0.15, 0.2) is 5.82 Å². The Bertz CT molecular complexity index is 782. The van der Waals surface area contributed by atoms with E-state index >= 15 is 0 Å². The van der Waals surface area contributed by atoms with Crippen LogP contribution in [0.25, 0.3) is 4.85 Å². The van der Waals surface area contributed by atoms with Crippen molar-refractivity contribution < 1.29 is 0 Å². The average Bonchev–Trinajstić information content (AvgIpc) is 3.28. The Morgan fingerprint density at radius 3 is 2.91 bits per heavy atom. The fraction of sp³-hybridized carbons (Fsp3) is 0.375. The van der Waals surface area contributed by atoms with Gasteiger partial charge in [-0.1, -0.05) is 11.6 Å².